The van der Waals surface area contributed by atoms with Crippen LogP contribution in [0.5, 0.6) is 0 Å². The van der Waals surface area contributed by atoms with Crippen molar-refractivity contribution in [2.75, 3.05) is 0 Å². The van der Waals surface area contributed by atoms with Gasteiger partial charge in [0.05, 0.1) is 12.5 Å². The summed E-state index contributed by atoms with van der Waals surface area (Å²) < 4.78 is 0. The fraction of sp³-hybridized carbons (Fsp3) is 0.714. The van der Waals surface area contributed by atoms with Crippen LogP contribution < -0.4 is 5.32 Å². The van der Waals surface area contributed by atoms with E-state index in [-0.39, 0.29) is 30.1 Å². The molecule has 1 N–H and O–H groups in total. The van der Waals surface area contributed by atoms with Gasteiger partial charge in [0, 0.05) is 0 Å². The van der Waals surface area contributed by atoms with Gasteiger partial charge < -0.3 is 5.32 Å². The summed E-state index contributed by atoms with van der Waals surface area (Å²) in [6.45, 7) is 3.85. The first kappa shape index (κ1) is 7.25. The van der Waals surface area contributed by atoms with Crippen LogP contribution >= 0.6 is 0 Å². The van der Waals surface area contributed by atoms with E-state index in [1.165, 1.54) is 0 Å². The molecule has 0 aliphatic carbocycles. The molecule has 0 unspecified atom stereocenters. The summed E-state index contributed by atoms with van der Waals surface area (Å²) in [5.41, 5.74) is 0. The van der Waals surface area contributed by atoms with Crippen LogP contribution in [0.15, 0.2) is 0 Å². The fourth-order valence-electron chi connectivity index (χ4n) is 1.11. The molecular formula is C7H11NO2. The zero-order valence-corrected chi connectivity index (χ0v) is 6.18. The molecule has 0 radical (unpaired) electrons. The molecule has 0 aromatic heterocycles. The average molecular weight is 141 g/mol. The second-order valence-electron chi connectivity index (χ2n) is 2.93. The average Bonchev–Trinajstić information content (AvgIpc) is 2.10. The minimum Gasteiger partial charge on any atom is -0.346 e. The Morgan fingerprint density at radius 1 is 1.50 bits per heavy atom. The highest BCUT2D eigenvalue weighted by molar-refractivity contribution is 6.07. The van der Waals surface area contributed by atoms with Crippen LogP contribution in [0.4, 0.5) is 0 Å². The van der Waals surface area contributed by atoms with E-state index in [2.05, 4.69) is 5.32 Å². The summed E-state index contributed by atoms with van der Waals surface area (Å²) in [7, 11) is 0. The van der Waals surface area contributed by atoms with E-state index in [1.807, 2.05) is 13.8 Å². The van der Waals surface area contributed by atoms with Gasteiger partial charge in [-0.3, -0.25) is 9.59 Å². The molecule has 1 atom stereocenters. The number of carbonyl (C=O) groups excluding carboxylic acids is 2. The number of amides is 1. The van der Waals surface area contributed by atoms with Crippen LogP contribution in [0.25, 0.3) is 0 Å². The fourth-order valence-corrected chi connectivity index (χ4v) is 1.11. The molecule has 1 heterocycles. The van der Waals surface area contributed by atoms with Crippen LogP contribution in [-0.2, 0) is 9.59 Å². The Bertz CT molecular complexity index is 174. The van der Waals surface area contributed by atoms with E-state index in [0.717, 1.165) is 0 Å². The predicted molar refractivity (Wildman–Crippen MR) is 36.4 cm³/mol. The zero-order chi connectivity index (χ0) is 7.72. The third-order valence-electron chi connectivity index (χ3n) is 1.66. The maximum Gasteiger partial charge on any atom is 0.228 e. The van der Waals surface area contributed by atoms with Gasteiger partial charge in [0.2, 0.25) is 5.91 Å². The van der Waals surface area contributed by atoms with Crippen LogP contribution in [0, 0.1) is 5.92 Å². The summed E-state index contributed by atoms with van der Waals surface area (Å²) in [6, 6.07) is -0.229. The Hall–Kier alpha value is -0.860. The van der Waals surface area contributed by atoms with Gasteiger partial charge in [0.15, 0.2) is 5.78 Å². The highest BCUT2D eigenvalue weighted by Gasteiger charge is 2.31. The zero-order valence-electron chi connectivity index (χ0n) is 6.18. The molecule has 1 rings (SSSR count). The largest absolute Gasteiger partial charge is 0.346 e. The SMILES string of the molecule is CC(C)[C@@H]1NC(=O)CC1=O. The lowest BCUT2D eigenvalue weighted by Crippen LogP contribution is -2.33. The minimum absolute atomic E-state index is 0.0278. The van der Waals surface area contributed by atoms with E-state index < -0.39 is 0 Å². The van der Waals surface area contributed by atoms with Crippen molar-refractivity contribution in [3.8, 4) is 0 Å². The van der Waals surface area contributed by atoms with Gasteiger partial charge in [-0.2, -0.15) is 0 Å². The first-order chi connectivity index (χ1) is 4.61. The number of rotatable bonds is 1. The minimum atomic E-state index is -0.229. The molecule has 0 spiro atoms. The van der Waals surface area contributed by atoms with Gasteiger partial charge in [-0.05, 0) is 5.92 Å². The van der Waals surface area contributed by atoms with Crippen LogP contribution in [-0.4, -0.2) is 17.7 Å². The van der Waals surface area contributed by atoms with E-state index >= 15 is 0 Å². The monoisotopic (exact) mass is 141 g/mol. The summed E-state index contributed by atoms with van der Waals surface area (Å²) in [6.07, 6.45) is 0.0723. The van der Waals surface area contributed by atoms with Gasteiger partial charge in [0.1, 0.15) is 0 Å². The molecule has 3 nitrogen and oxygen atoms in total. The number of hydrogen-bond acceptors (Lipinski definition) is 2. The van der Waals surface area contributed by atoms with Crippen molar-refractivity contribution >= 4 is 11.7 Å². The molecule has 1 aliphatic heterocycles. The van der Waals surface area contributed by atoms with Crippen molar-refractivity contribution in [3.63, 3.8) is 0 Å². The molecule has 1 amide bonds. The number of Topliss-reactive ketones (excluding diaryl/α,β-unsaturated/α-hetero) is 1. The molecule has 1 saturated heterocycles. The Balaban J connectivity index is 2.63. The summed E-state index contributed by atoms with van der Waals surface area (Å²) in [4.78, 5) is 21.6. The lowest BCUT2D eigenvalue weighted by atomic mass is 10.0. The Kier molecular flexibility index (Phi) is 1.74. The van der Waals surface area contributed by atoms with Gasteiger partial charge in [-0.1, -0.05) is 13.8 Å². The van der Waals surface area contributed by atoms with Crippen molar-refractivity contribution in [1.29, 1.82) is 0 Å². The Morgan fingerprint density at radius 3 is 2.30 bits per heavy atom. The Morgan fingerprint density at radius 2 is 2.10 bits per heavy atom. The number of ketones is 1. The summed E-state index contributed by atoms with van der Waals surface area (Å²) >= 11 is 0. The highest BCUT2D eigenvalue weighted by atomic mass is 16.2. The molecule has 56 valence electrons. The number of nitrogens with one attached hydrogen (secondary N) is 1. The van der Waals surface area contributed by atoms with Crippen molar-refractivity contribution in [1.82, 2.24) is 5.32 Å². The van der Waals surface area contributed by atoms with Crippen molar-refractivity contribution < 1.29 is 9.59 Å². The molecule has 1 aliphatic rings. The number of carbonyl (C=O) groups is 2. The topological polar surface area (TPSA) is 46.2 Å². The molecule has 1 fully saturated rings. The predicted octanol–water partition coefficient (Wildman–Crippen LogP) is 0.1000. The third-order valence-corrected chi connectivity index (χ3v) is 1.66. The number of hydrogen-bond donors (Lipinski definition) is 1. The molecular weight excluding hydrogens is 130 g/mol. The first-order valence-electron chi connectivity index (χ1n) is 3.43. The Labute approximate surface area is 59.8 Å². The molecule has 0 aromatic rings. The normalized spacial score (nSPS) is 25.7. The lowest BCUT2D eigenvalue weighted by Gasteiger charge is -2.11. The van der Waals surface area contributed by atoms with Crippen LogP contribution in [0.1, 0.15) is 20.3 Å². The quantitative estimate of drug-likeness (QED) is 0.526. The van der Waals surface area contributed by atoms with Gasteiger partial charge in [-0.25, -0.2) is 0 Å². The van der Waals surface area contributed by atoms with E-state index in [4.69, 9.17) is 0 Å². The van der Waals surface area contributed by atoms with Gasteiger partial charge >= 0.3 is 0 Å². The second kappa shape index (κ2) is 2.40. The standard InChI is InChI=1S/C7H11NO2/c1-4(2)7-5(9)3-6(10)8-7/h4,7H,3H2,1-2H3,(H,8,10)/t7-/m0/s1. The van der Waals surface area contributed by atoms with Crippen LogP contribution in [0.2, 0.25) is 0 Å². The van der Waals surface area contributed by atoms with E-state index in [0.29, 0.717) is 0 Å². The second-order valence-corrected chi connectivity index (χ2v) is 2.93. The van der Waals surface area contributed by atoms with Crippen molar-refractivity contribution in [2.24, 2.45) is 5.92 Å². The van der Waals surface area contributed by atoms with E-state index in [9.17, 15) is 9.59 Å². The highest BCUT2D eigenvalue weighted by Crippen LogP contribution is 2.10. The summed E-state index contributed by atoms with van der Waals surface area (Å²) in [5, 5.41) is 2.61. The molecule has 0 bridgehead atoms. The first-order valence-corrected chi connectivity index (χ1v) is 3.43. The van der Waals surface area contributed by atoms with Gasteiger partial charge in [0.25, 0.3) is 0 Å². The molecule has 10 heavy (non-hydrogen) atoms. The van der Waals surface area contributed by atoms with Crippen molar-refractivity contribution in [3.05, 3.63) is 0 Å². The smallest absolute Gasteiger partial charge is 0.228 e. The molecule has 0 aromatic carbocycles. The van der Waals surface area contributed by atoms with Crippen molar-refractivity contribution in [2.45, 2.75) is 26.3 Å². The lowest BCUT2D eigenvalue weighted by molar-refractivity contribution is -0.122. The molecule has 0 saturated carbocycles. The maximum atomic E-state index is 10.9. The van der Waals surface area contributed by atoms with Crippen LogP contribution in [0.3, 0.4) is 0 Å². The third kappa shape index (κ3) is 1.17. The summed E-state index contributed by atoms with van der Waals surface area (Å²) in [5.74, 6) is 0.114. The van der Waals surface area contributed by atoms with Gasteiger partial charge in [-0.15, -0.1) is 0 Å². The molecule has 3 heteroatoms. The van der Waals surface area contributed by atoms with E-state index in [1.54, 1.807) is 0 Å². The maximum absolute atomic E-state index is 10.9.